The summed E-state index contributed by atoms with van der Waals surface area (Å²) >= 11 is 0. The third kappa shape index (κ3) is 4.15. The lowest BCUT2D eigenvalue weighted by Crippen LogP contribution is -2.33. The van der Waals surface area contributed by atoms with Crippen LogP contribution in [0, 0.1) is 0 Å². The normalized spacial score (nSPS) is 16.1. The van der Waals surface area contributed by atoms with E-state index < -0.39 is 24.0 Å². The third-order valence-corrected chi connectivity index (χ3v) is 5.20. The molecule has 1 aromatic heterocycles. The number of imidazole rings is 1. The quantitative estimate of drug-likeness (QED) is 0.671. The van der Waals surface area contributed by atoms with Crippen molar-refractivity contribution in [3.05, 3.63) is 64.5 Å². The summed E-state index contributed by atoms with van der Waals surface area (Å²) in [5.74, 6) is -3.30. The van der Waals surface area contributed by atoms with Crippen LogP contribution in [0.15, 0.2) is 42.1 Å². The van der Waals surface area contributed by atoms with Crippen LogP contribution >= 0.6 is 0 Å². The van der Waals surface area contributed by atoms with Gasteiger partial charge in [0, 0.05) is 25.8 Å². The molecule has 3 N–H and O–H groups in total. The van der Waals surface area contributed by atoms with Crippen molar-refractivity contribution in [3.63, 3.8) is 0 Å². The Kier molecular flexibility index (Phi) is 5.36. The SMILES string of the molecule is NC1=C(N2CCc3ccc(CNC(=O)c4cn(C(=O)C(F)(F)F)cn4)cc3C2)C(=O)OC1. The first-order valence-corrected chi connectivity index (χ1v) is 9.58. The number of carbonyl (C=O) groups is 3. The van der Waals surface area contributed by atoms with Crippen LogP contribution in [-0.4, -0.2) is 51.6 Å². The smallest absolute Gasteiger partial charge is 0.454 e. The zero-order valence-electron chi connectivity index (χ0n) is 16.6. The van der Waals surface area contributed by atoms with Gasteiger partial charge in [0.15, 0.2) is 0 Å². The zero-order chi connectivity index (χ0) is 23.0. The van der Waals surface area contributed by atoms with E-state index in [0.717, 1.165) is 22.9 Å². The van der Waals surface area contributed by atoms with Crippen LogP contribution in [0.4, 0.5) is 13.2 Å². The Morgan fingerprint density at radius 2 is 2.03 bits per heavy atom. The second-order valence-corrected chi connectivity index (χ2v) is 7.38. The average Bonchev–Trinajstić information content (AvgIpc) is 3.37. The van der Waals surface area contributed by atoms with Crippen molar-refractivity contribution in [2.45, 2.75) is 25.7 Å². The largest absolute Gasteiger partial charge is 0.472 e. The molecular formula is C20H18F3N5O4. The predicted octanol–water partition coefficient (Wildman–Crippen LogP) is 1.10. The number of fused-ring (bicyclic) bond motifs is 1. The Labute approximate surface area is 179 Å². The van der Waals surface area contributed by atoms with Crippen LogP contribution in [0.1, 0.15) is 32.0 Å². The molecule has 12 heteroatoms. The number of esters is 1. The lowest BCUT2D eigenvalue weighted by atomic mass is 9.97. The van der Waals surface area contributed by atoms with Crippen molar-refractivity contribution in [3.8, 4) is 0 Å². The first-order valence-electron chi connectivity index (χ1n) is 9.58. The van der Waals surface area contributed by atoms with Gasteiger partial charge >= 0.3 is 18.1 Å². The number of ether oxygens (including phenoxy) is 1. The van der Waals surface area contributed by atoms with Crippen molar-refractivity contribution in [2.75, 3.05) is 13.2 Å². The highest BCUT2D eigenvalue weighted by Gasteiger charge is 2.40. The van der Waals surface area contributed by atoms with Crippen molar-refractivity contribution in [2.24, 2.45) is 5.73 Å². The van der Waals surface area contributed by atoms with Gasteiger partial charge in [0.1, 0.15) is 24.3 Å². The molecule has 2 aromatic rings. The van der Waals surface area contributed by atoms with Crippen LogP contribution in [-0.2, 0) is 29.0 Å². The summed E-state index contributed by atoms with van der Waals surface area (Å²) in [6, 6.07) is 5.64. The molecule has 0 saturated carbocycles. The predicted molar refractivity (Wildman–Crippen MR) is 103 cm³/mol. The number of nitrogens with zero attached hydrogens (tertiary/aromatic N) is 3. The summed E-state index contributed by atoms with van der Waals surface area (Å²) in [6.45, 7) is 1.24. The van der Waals surface area contributed by atoms with Gasteiger partial charge in [0.25, 0.3) is 5.91 Å². The summed E-state index contributed by atoms with van der Waals surface area (Å²) in [5, 5.41) is 2.57. The minimum Gasteiger partial charge on any atom is -0.454 e. The summed E-state index contributed by atoms with van der Waals surface area (Å²) in [5.41, 5.74) is 9.15. The van der Waals surface area contributed by atoms with E-state index in [4.69, 9.17) is 10.5 Å². The Morgan fingerprint density at radius 1 is 1.25 bits per heavy atom. The topological polar surface area (TPSA) is 120 Å². The van der Waals surface area contributed by atoms with Gasteiger partial charge < -0.3 is 20.7 Å². The fraction of sp³-hybridized carbons (Fsp3) is 0.300. The monoisotopic (exact) mass is 449 g/mol. The molecule has 0 spiro atoms. The molecule has 0 aliphatic carbocycles. The van der Waals surface area contributed by atoms with E-state index >= 15 is 0 Å². The number of benzene rings is 1. The molecule has 0 bridgehead atoms. The average molecular weight is 449 g/mol. The Bertz CT molecular complexity index is 1140. The van der Waals surface area contributed by atoms with Crippen LogP contribution in [0.2, 0.25) is 0 Å². The van der Waals surface area contributed by atoms with E-state index in [1.165, 1.54) is 0 Å². The fourth-order valence-electron chi connectivity index (χ4n) is 3.62. The van der Waals surface area contributed by atoms with Crippen molar-refractivity contribution in [1.82, 2.24) is 19.8 Å². The molecule has 0 fully saturated rings. The first kappa shape index (κ1) is 21.4. The minimum atomic E-state index is -5.07. The van der Waals surface area contributed by atoms with Crippen molar-refractivity contribution >= 4 is 17.8 Å². The molecule has 0 unspecified atom stereocenters. The lowest BCUT2D eigenvalue weighted by molar-refractivity contribution is -0.137. The first-order chi connectivity index (χ1) is 15.1. The number of carbonyl (C=O) groups excluding carboxylic acids is 3. The maximum atomic E-state index is 12.5. The number of hydrogen-bond acceptors (Lipinski definition) is 7. The van der Waals surface area contributed by atoms with Gasteiger partial charge in [-0.25, -0.2) is 9.78 Å². The van der Waals surface area contributed by atoms with E-state index in [-0.39, 0.29) is 23.4 Å². The van der Waals surface area contributed by atoms with Crippen LogP contribution < -0.4 is 11.1 Å². The van der Waals surface area contributed by atoms with Crippen LogP contribution in [0.5, 0.6) is 0 Å². The van der Waals surface area contributed by atoms with Gasteiger partial charge in [0.05, 0.1) is 5.70 Å². The number of nitrogens with two attached hydrogens (primary N) is 1. The molecule has 168 valence electrons. The van der Waals surface area contributed by atoms with Gasteiger partial charge in [-0.2, -0.15) is 13.2 Å². The van der Waals surface area contributed by atoms with Gasteiger partial charge in [-0.3, -0.25) is 14.2 Å². The highest BCUT2D eigenvalue weighted by molar-refractivity contribution is 5.93. The van der Waals surface area contributed by atoms with Gasteiger partial charge in [0.2, 0.25) is 0 Å². The molecule has 4 rings (SSSR count). The molecule has 1 amide bonds. The maximum absolute atomic E-state index is 12.5. The molecule has 1 aromatic carbocycles. The highest BCUT2D eigenvalue weighted by atomic mass is 19.4. The minimum absolute atomic E-state index is 0.0773. The molecule has 2 aliphatic heterocycles. The number of alkyl halides is 3. The second-order valence-electron chi connectivity index (χ2n) is 7.38. The number of hydrogen-bond donors (Lipinski definition) is 2. The highest BCUT2D eigenvalue weighted by Crippen LogP contribution is 2.26. The van der Waals surface area contributed by atoms with Crippen molar-refractivity contribution < 1.29 is 32.3 Å². The molecule has 3 heterocycles. The second kappa shape index (κ2) is 8.02. The molecule has 2 aliphatic rings. The molecule has 9 nitrogen and oxygen atoms in total. The van der Waals surface area contributed by atoms with E-state index in [2.05, 4.69) is 10.3 Å². The maximum Gasteiger partial charge on any atom is 0.472 e. The zero-order valence-corrected chi connectivity index (χ0v) is 16.6. The number of cyclic esters (lactones) is 1. The Balaban J connectivity index is 1.41. The Morgan fingerprint density at radius 3 is 2.72 bits per heavy atom. The standard InChI is InChI=1S/C20H18F3N5O4/c21-20(22,23)19(31)28-8-15(26-10-28)17(29)25-6-11-1-2-12-3-4-27(7-13(12)5-11)16-14(24)9-32-18(16)30/h1-2,5,8,10H,3-4,6-7,9,24H2,(H,25,29). The summed E-state index contributed by atoms with van der Waals surface area (Å²) < 4.78 is 42.6. The molecule has 0 saturated heterocycles. The third-order valence-electron chi connectivity index (χ3n) is 5.20. The van der Waals surface area contributed by atoms with E-state index in [0.29, 0.717) is 37.2 Å². The molecular weight excluding hydrogens is 431 g/mol. The summed E-state index contributed by atoms with van der Waals surface area (Å²) in [6.07, 6.45) is -2.99. The van der Waals surface area contributed by atoms with Gasteiger partial charge in [-0.05, 0) is 23.1 Å². The van der Waals surface area contributed by atoms with Gasteiger partial charge in [-0.1, -0.05) is 18.2 Å². The summed E-state index contributed by atoms with van der Waals surface area (Å²) in [4.78, 5) is 40.8. The number of rotatable bonds is 4. The molecule has 0 atom stereocenters. The summed E-state index contributed by atoms with van der Waals surface area (Å²) in [7, 11) is 0. The van der Waals surface area contributed by atoms with E-state index in [9.17, 15) is 27.6 Å². The number of amides is 1. The van der Waals surface area contributed by atoms with Gasteiger partial charge in [-0.15, -0.1) is 0 Å². The number of nitrogens with one attached hydrogen (secondary N) is 1. The van der Waals surface area contributed by atoms with Crippen LogP contribution in [0.25, 0.3) is 0 Å². The van der Waals surface area contributed by atoms with E-state index in [1.54, 1.807) is 0 Å². The van der Waals surface area contributed by atoms with E-state index in [1.807, 2.05) is 23.1 Å². The lowest BCUT2D eigenvalue weighted by Gasteiger charge is -2.30. The Hall–Kier alpha value is -3.83. The fourth-order valence-corrected chi connectivity index (χ4v) is 3.62. The van der Waals surface area contributed by atoms with Crippen molar-refractivity contribution in [1.29, 1.82) is 0 Å². The molecule has 32 heavy (non-hydrogen) atoms. The number of aromatic nitrogens is 2. The number of halogens is 3. The van der Waals surface area contributed by atoms with Crippen LogP contribution in [0.3, 0.4) is 0 Å². The molecule has 0 radical (unpaired) electrons.